The molecule has 0 saturated heterocycles. The van der Waals surface area contributed by atoms with Gasteiger partial charge in [0.25, 0.3) is 0 Å². The zero-order chi connectivity index (χ0) is 29.0. The lowest BCUT2D eigenvalue weighted by Gasteiger charge is -2.29. The van der Waals surface area contributed by atoms with Gasteiger partial charge >= 0.3 is 0 Å². The van der Waals surface area contributed by atoms with Crippen molar-refractivity contribution in [3.05, 3.63) is 101 Å². The first-order chi connectivity index (χ1) is 19.7. The fraction of sp³-hybridized carbons (Fsp3) is 0.0303. The van der Waals surface area contributed by atoms with Crippen molar-refractivity contribution in [1.82, 2.24) is 0 Å². The van der Waals surface area contributed by atoms with Crippen LogP contribution in [0, 0.1) is 6.92 Å². The van der Waals surface area contributed by atoms with Crippen LogP contribution >= 0.6 is 15.9 Å². The Hall–Kier alpha value is -5.08. The van der Waals surface area contributed by atoms with Gasteiger partial charge in [0.15, 0.2) is 28.7 Å². The molecule has 0 saturated carbocycles. The van der Waals surface area contributed by atoms with Crippen LogP contribution < -0.4 is 4.90 Å². The summed E-state index contributed by atoms with van der Waals surface area (Å²) in [6, 6.07) is 28.5. The number of nitrogens with zero attached hydrogens (tertiary/aromatic N) is 1. The number of anilines is 3. The van der Waals surface area contributed by atoms with E-state index in [1.54, 1.807) is 4.90 Å². The molecule has 6 aromatic rings. The predicted octanol–water partition coefficient (Wildman–Crippen LogP) is 8.43. The maximum absolute atomic E-state index is 11.6. The van der Waals surface area contributed by atoms with E-state index < -0.39 is 39.9 Å². The SMILES string of the molecule is Cc1c(O)c(O)c2c(O)c(O)c(N(c3ccc(-c4ccc(Br)cc4)cc3)c3cccc4ccccc34)c(O)c2c1O. The summed E-state index contributed by atoms with van der Waals surface area (Å²) in [7, 11) is 0. The van der Waals surface area contributed by atoms with Crippen LogP contribution in [-0.4, -0.2) is 30.6 Å². The normalized spacial score (nSPS) is 11.3. The number of phenolic OH excluding ortho intramolecular Hbond substituents is 6. The van der Waals surface area contributed by atoms with Gasteiger partial charge in [-0.1, -0.05) is 76.6 Å². The molecule has 0 aromatic heterocycles. The van der Waals surface area contributed by atoms with E-state index in [-0.39, 0.29) is 16.6 Å². The molecule has 0 spiro atoms. The number of phenols is 6. The first-order valence-corrected chi connectivity index (χ1v) is 13.5. The van der Waals surface area contributed by atoms with E-state index in [1.165, 1.54) is 6.92 Å². The molecule has 0 heterocycles. The van der Waals surface area contributed by atoms with Crippen LogP contribution in [0.15, 0.2) is 95.5 Å². The molecule has 0 fully saturated rings. The average Bonchev–Trinajstić information content (AvgIpc) is 2.99. The summed E-state index contributed by atoms with van der Waals surface area (Å²) >= 11 is 3.45. The number of rotatable bonds is 4. The molecule has 6 aromatic carbocycles. The molecule has 8 heteroatoms. The highest BCUT2D eigenvalue weighted by Gasteiger charge is 2.31. The van der Waals surface area contributed by atoms with Gasteiger partial charge in [-0.2, -0.15) is 0 Å². The topological polar surface area (TPSA) is 125 Å². The largest absolute Gasteiger partial charge is 0.507 e. The van der Waals surface area contributed by atoms with Crippen LogP contribution in [0.25, 0.3) is 32.7 Å². The second-order valence-corrected chi connectivity index (χ2v) is 10.6. The Bertz CT molecular complexity index is 1970. The van der Waals surface area contributed by atoms with Gasteiger partial charge in [-0.25, -0.2) is 0 Å². The van der Waals surface area contributed by atoms with Crippen molar-refractivity contribution < 1.29 is 30.6 Å². The Balaban J connectivity index is 1.67. The minimum Gasteiger partial charge on any atom is -0.507 e. The summed E-state index contributed by atoms with van der Waals surface area (Å²) in [4.78, 5) is 1.58. The number of halogens is 1. The smallest absolute Gasteiger partial charge is 0.186 e. The second kappa shape index (κ2) is 9.83. The van der Waals surface area contributed by atoms with Crippen LogP contribution in [0.2, 0.25) is 0 Å². The van der Waals surface area contributed by atoms with Gasteiger partial charge in [0, 0.05) is 21.1 Å². The first-order valence-electron chi connectivity index (χ1n) is 12.7. The minimum absolute atomic E-state index is 0.100. The number of fused-ring (bicyclic) bond motifs is 2. The Labute approximate surface area is 243 Å². The summed E-state index contributed by atoms with van der Waals surface area (Å²) in [6.45, 7) is 1.36. The van der Waals surface area contributed by atoms with Gasteiger partial charge in [0.05, 0.1) is 16.5 Å². The van der Waals surface area contributed by atoms with Gasteiger partial charge in [-0.3, -0.25) is 0 Å². The van der Waals surface area contributed by atoms with E-state index >= 15 is 0 Å². The lowest BCUT2D eigenvalue weighted by atomic mass is 9.98. The fourth-order valence-corrected chi connectivity index (χ4v) is 5.47. The quantitative estimate of drug-likeness (QED) is 0.0874. The Kier molecular flexibility index (Phi) is 6.27. The highest BCUT2D eigenvalue weighted by molar-refractivity contribution is 9.10. The van der Waals surface area contributed by atoms with Gasteiger partial charge in [-0.05, 0) is 53.8 Å². The monoisotopic (exact) mass is 609 g/mol. The minimum atomic E-state index is -0.812. The van der Waals surface area contributed by atoms with Crippen LogP contribution in [0.5, 0.6) is 34.5 Å². The molecule has 6 rings (SSSR count). The van der Waals surface area contributed by atoms with Crippen molar-refractivity contribution in [2.75, 3.05) is 4.90 Å². The highest BCUT2D eigenvalue weighted by atomic mass is 79.9. The lowest BCUT2D eigenvalue weighted by molar-refractivity contribution is 0.385. The lowest BCUT2D eigenvalue weighted by Crippen LogP contribution is -2.11. The van der Waals surface area contributed by atoms with Crippen LogP contribution in [0.4, 0.5) is 17.1 Å². The molecule has 6 N–H and O–H groups in total. The molecule has 204 valence electrons. The van der Waals surface area contributed by atoms with Crippen molar-refractivity contribution in [2.24, 2.45) is 0 Å². The molecule has 41 heavy (non-hydrogen) atoms. The van der Waals surface area contributed by atoms with Crippen molar-refractivity contribution in [3.8, 4) is 45.6 Å². The van der Waals surface area contributed by atoms with Gasteiger partial charge in [0.1, 0.15) is 11.4 Å². The number of aromatic hydroxyl groups is 6. The fourth-order valence-electron chi connectivity index (χ4n) is 5.20. The van der Waals surface area contributed by atoms with Crippen LogP contribution in [-0.2, 0) is 0 Å². The van der Waals surface area contributed by atoms with Crippen LogP contribution in [0.1, 0.15) is 5.56 Å². The number of hydrogen-bond donors (Lipinski definition) is 6. The molecule has 0 amide bonds. The van der Waals surface area contributed by atoms with E-state index in [1.807, 2.05) is 91.0 Å². The molecule has 7 nitrogen and oxygen atoms in total. The summed E-state index contributed by atoms with van der Waals surface area (Å²) in [6.07, 6.45) is 0. The molecular formula is C33H24BrNO6. The van der Waals surface area contributed by atoms with E-state index in [4.69, 9.17) is 0 Å². The van der Waals surface area contributed by atoms with Crippen LogP contribution in [0.3, 0.4) is 0 Å². The molecule has 0 aliphatic heterocycles. The molecular weight excluding hydrogens is 586 g/mol. The maximum Gasteiger partial charge on any atom is 0.186 e. The van der Waals surface area contributed by atoms with E-state index in [9.17, 15) is 30.6 Å². The third-order valence-electron chi connectivity index (χ3n) is 7.34. The summed E-state index contributed by atoms with van der Waals surface area (Å²) in [5, 5.41) is 66.7. The Morgan fingerprint density at radius 3 is 1.78 bits per heavy atom. The van der Waals surface area contributed by atoms with Gasteiger partial charge in [0.2, 0.25) is 0 Å². The highest BCUT2D eigenvalue weighted by Crippen LogP contribution is 2.60. The molecule has 0 radical (unpaired) electrons. The van der Waals surface area contributed by atoms with E-state index in [2.05, 4.69) is 15.9 Å². The molecule has 0 aliphatic carbocycles. The molecule has 0 atom stereocenters. The zero-order valence-corrected chi connectivity index (χ0v) is 23.3. The number of hydrogen-bond acceptors (Lipinski definition) is 7. The van der Waals surface area contributed by atoms with E-state index in [0.717, 1.165) is 26.4 Å². The average molecular weight is 610 g/mol. The molecule has 0 aliphatic rings. The Morgan fingerprint density at radius 1 is 0.537 bits per heavy atom. The summed E-state index contributed by atoms with van der Waals surface area (Å²) in [5.74, 6) is -4.17. The van der Waals surface area contributed by atoms with Crippen molar-refractivity contribution in [1.29, 1.82) is 0 Å². The zero-order valence-electron chi connectivity index (χ0n) is 21.7. The standard InChI is InChI=1S/C33H24BrNO6/c1-17-28(36)25-26(31(39)29(17)37)32(40)33(41)27(30(25)38)35(24-8-4-6-20-5-2-3-7-23(20)24)22-15-11-19(12-16-22)18-9-13-21(34)14-10-18/h2-16,36-41H,1H3. The summed E-state index contributed by atoms with van der Waals surface area (Å²) in [5.41, 5.74) is 2.71. The van der Waals surface area contributed by atoms with Crippen molar-refractivity contribution >= 4 is 54.5 Å². The van der Waals surface area contributed by atoms with Gasteiger partial charge < -0.3 is 35.5 Å². The second-order valence-electron chi connectivity index (χ2n) is 9.70. The van der Waals surface area contributed by atoms with Crippen molar-refractivity contribution in [2.45, 2.75) is 6.92 Å². The first kappa shape index (κ1) is 26.2. The molecule has 0 bridgehead atoms. The summed E-state index contributed by atoms with van der Waals surface area (Å²) < 4.78 is 0.958. The predicted molar refractivity (Wildman–Crippen MR) is 164 cm³/mol. The van der Waals surface area contributed by atoms with Crippen molar-refractivity contribution in [3.63, 3.8) is 0 Å². The molecule has 0 unspecified atom stereocenters. The third kappa shape index (κ3) is 4.11. The van der Waals surface area contributed by atoms with Gasteiger partial charge in [-0.15, -0.1) is 0 Å². The third-order valence-corrected chi connectivity index (χ3v) is 7.87. The maximum atomic E-state index is 11.6. The Morgan fingerprint density at radius 2 is 1.10 bits per heavy atom. The van der Waals surface area contributed by atoms with E-state index in [0.29, 0.717) is 11.4 Å². The number of benzene rings is 6.